The van der Waals surface area contributed by atoms with Gasteiger partial charge in [-0.3, -0.25) is 9.59 Å². The van der Waals surface area contributed by atoms with Gasteiger partial charge in [-0.15, -0.1) is 0 Å². The van der Waals surface area contributed by atoms with Crippen LogP contribution < -0.4 is 5.32 Å². The quantitative estimate of drug-likeness (QED) is 0.657. The van der Waals surface area contributed by atoms with Gasteiger partial charge in [-0.05, 0) is 24.6 Å². The number of rotatable bonds is 6. The van der Waals surface area contributed by atoms with Gasteiger partial charge in [0, 0.05) is 48.9 Å². The molecule has 0 bridgehead atoms. The number of hydrogen-bond donors (Lipinski definition) is 1. The molecule has 3 aromatic rings. The van der Waals surface area contributed by atoms with E-state index in [1.165, 1.54) is 0 Å². The zero-order valence-corrected chi connectivity index (χ0v) is 16.9. The molecule has 2 atom stereocenters. The number of amides is 2. The van der Waals surface area contributed by atoms with Gasteiger partial charge in [-0.1, -0.05) is 36.4 Å². The number of aryl methyl sites for hydroxylation is 1. The summed E-state index contributed by atoms with van der Waals surface area (Å²) in [6, 6.07) is 14.8. The molecule has 1 N–H and O–H groups in total. The zero-order chi connectivity index (χ0) is 20.5. The Morgan fingerprint density at radius 3 is 2.66 bits per heavy atom. The molecule has 0 aliphatic carbocycles. The summed E-state index contributed by atoms with van der Waals surface area (Å²) in [7, 11) is 3.59. The molecule has 0 fully saturated rings. The third kappa shape index (κ3) is 3.19. The van der Waals surface area contributed by atoms with Crippen LogP contribution >= 0.6 is 0 Å². The summed E-state index contributed by atoms with van der Waals surface area (Å²) in [4.78, 5) is 27.8. The lowest BCUT2D eigenvalue weighted by Gasteiger charge is -2.30. The largest absolute Gasteiger partial charge is 0.383 e. The molecule has 1 aromatic heterocycles. The van der Waals surface area contributed by atoms with Crippen LogP contribution in [-0.4, -0.2) is 47.6 Å². The number of nitrogens with one attached hydrogen (secondary N) is 1. The number of fused-ring (bicyclic) bond motifs is 2. The molecule has 0 saturated carbocycles. The molecular weight excluding hydrogens is 366 g/mol. The molecule has 2 aromatic carbocycles. The van der Waals surface area contributed by atoms with Crippen LogP contribution in [0.3, 0.4) is 0 Å². The van der Waals surface area contributed by atoms with Crippen molar-refractivity contribution >= 4 is 22.7 Å². The van der Waals surface area contributed by atoms with E-state index < -0.39 is 6.04 Å². The summed E-state index contributed by atoms with van der Waals surface area (Å²) in [5.74, 6) is -0.304. The molecule has 6 nitrogen and oxygen atoms in total. The van der Waals surface area contributed by atoms with E-state index in [2.05, 4.69) is 28.2 Å². The number of benzene rings is 2. The Morgan fingerprint density at radius 1 is 1.14 bits per heavy atom. The number of carbonyl (C=O) groups is 2. The van der Waals surface area contributed by atoms with Crippen LogP contribution in [-0.2, 0) is 16.6 Å². The Morgan fingerprint density at radius 2 is 1.86 bits per heavy atom. The molecule has 0 saturated heterocycles. The van der Waals surface area contributed by atoms with Crippen molar-refractivity contribution in [1.29, 1.82) is 0 Å². The molecule has 1 aliphatic heterocycles. The van der Waals surface area contributed by atoms with Crippen molar-refractivity contribution in [1.82, 2.24) is 14.8 Å². The average molecular weight is 391 g/mol. The predicted octanol–water partition coefficient (Wildman–Crippen LogP) is 2.87. The number of methoxy groups -OCH3 is 1. The second kappa shape index (κ2) is 7.72. The first-order valence-electron chi connectivity index (χ1n) is 9.76. The topological polar surface area (TPSA) is 63.6 Å². The van der Waals surface area contributed by atoms with E-state index in [1.54, 1.807) is 18.9 Å². The number of hydrogen-bond acceptors (Lipinski definition) is 3. The van der Waals surface area contributed by atoms with Gasteiger partial charge in [0.05, 0.1) is 12.6 Å². The van der Waals surface area contributed by atoms with Gasteiger partial charge in [0.1, 0.15) is 6.04 Å². The summed E-state index contributed by atoms with van der Waals surface area (Å²) < 4.78 is 7.08. The van der Waals surface area contributed by atoms with Gasteiger partial charge in [-0.2, -0.15) is 0 Å². The smallest absolute Gasteiger partial charge is 0.255 e. The average Bonchev–Trinajstić information content (AvgIpc) is 3.22. The van der Waals surface area contributed by atoms with Crippen LogP contribution in [0, 0.1) is 0 Å². The Hall–Kier alpha value is -3.12. The summed E-state index contributed by atoms with van der Waals surface area (Å²) in [6.45, 7) is 2.62. The maximum Gasteiger partial charge on any atom is 0.255 e. The third-order valence-electron chi connectivity index (χ3n) is 5.62. The van der Waals surface area contributed by atoms with Gasteiger partial charge in [0.15, 0.2) is 0 Å². The molecule has 0 unspecified atom stereocenters. The van der Waals surface area contributed by atoms with Gasteiger partial charge < -0.3 is 19.5 Å². The Labute approximate surface area is 170 Å². The highest BCUT2D eigenvalue weighted by atomic mass is 16.5. The standard InChI is InChI=1S/C23H25N3O3/c1-15(22(27)24-12-13-29-3)26-21(17-9-4-5-10-18(17)23(26)28)19-14-25(2)20-11-7-6-8-16(19)20/h4-11,14-15,21H,12-13H2,1-3H3,(H,24,27)/t15-,21-/m1/s1. The van der Waals surface area contributed by atoms with E-state index >= 15 is 0 Å². The van der Waals surface area contributed by atoms with E-state index in [-0.39, 0.29) is 17.9 Å². The molecule has 0 radical (unpaired) electrons. The molecule has 2 amide bonds. The second-order valence-electron chi connectivity index (χ2n) is 7.37. The fourth-order valence-electron chi connectivity index (χ4n) is 4.19. The van der Waals surface area contributed by atoms with Gasteiger partial charge in [0.25, 0.3) is 5.91 Å². The van der Waals surface area contributed by atoms with Gasteiger partial charge >= 0.3 is 0 Å². The second-order valence-corrected chi connectivity index (χ2v) is 7.37. The Balaban J connectivity index is 1.80. The maximum absolute atomic E-state index is 13.3. The minimum absolute atomic E-state index is 0.118. The van der Waals surface area contributed by atoms with Crippen molar-refractivity contribution in [3.05, 3.63) is 71.4 Å². The van der Waals surface area contributed by atoms with Crippen molar-refractivity contribution < 1.29 is 14.3 Å². The highest BCUT2D eigenvalue weighted by Crippen LogP contribution is 2.42. The van der Waals surface area contributed by atoms with Crippen molar-refractivity contribution in [3.8, 4) is 0 Å². The number of carbonyl (C=O) groups excluding carboxylic acids is 2. The van der Waals surface area contributed by atoms with E-state index in [4.69, 9.17) is 4.74 Å². The number of aromatic nitrogens is 1. The van der Waals surface area contributed by atoms with Gasteiger partial charge in [0.2, 0.25) is 5.91 Å². The van der Waals surface area contributed by atoms with E-state index in [0.29, 0.717) is 18.7 Å². The van der Waals surface area contributed by atoms with Crippen molar-refractivity contribution in [3.63, 3.8) is 0 Å². The normalized spacial score (nSPS) is 16.9. The van der Waals surface area contributed by atoms with E-state index in [0.717, 1.165) is 22.0 Å². The van der Waals surface area contributed by atoms with Crippen LogP contribution in [0.1, 0.15) is 34.5 Å². The van der Waals surface area contributed by atoms with E-state index in [9.17, 15) is 9.59 Å². The van der Waals surface area contributed by atoms with Crippen LogP contribution in [0.5, 0.6) is 0 Å². The number of ether oxygens (including phenoxy) is 1. The van der Waals surface area contributed by atoms with Crippen LogP contribution in [0.15, 0.2) is 54.7 Å². The molecular formula is C23H25N3O3. The minimum atomic E-state index is -0.615. The lowest BCUT2D eigenvalue weighted by Crippen LogP contribution is -2.47. The van der Waals surface area contributed by atoms with E-state index in [1.807, 2.05) is 43.4 Å². The minimum Gasteiger partial charge on any atom is -0.383 e. The fourth-order valence-corrected chi connectivity index (χ4v) is 4.19. The summed E-state index contributed by atoms with van der Waals surface area (Å²) in [5, 5.41) is 3.94. The highest BCUT2D eigenvalue weighted by molar-refractivity contribution is 6.03. The van der Waals surface area contributed by atoms with Crippen LogP contribution in [0.2, 0.25) is 0 Å². The maximum atomic E-state index is 13.3. The van der Waals surface area contributed by atoms with Crippen LogP contribution in [0.25, 0.3) is 10.9 Å². The molecule has 29 heavy (non-hydrogen) atoms. The molecule has 1 aliphatic rings. The first-order chi connectivity index (χ1) is 14.0. The highest BCUT2D eigenvalue weighted by Gasteiger charge is 2.43. The molecule has 4 rings (SSSR count). The summed E-state index contributed by atoms with van der Waals surface area (Å²) >= 11 is 0. The summed E-state index contributed by atoms with van der Waals surface area (Å²) in [5.41, 5.74) is 3.71. The molecule has 6 heteroatoms. The predicted molar refractivity (Wildman–Crippen MR) is 112 cm³/mol. The zero-order valence-electron chi connectivity index (χ0n) is 16.9. The Bertz CT molecular complexity index is 1070. The lowest BCUT2D eigenvalue weighted by atomic mass is 9.97. The van der Waals surface area contributed by atoms with Crippen molar-refractivity contribution in [2.75, 3.05) is 20.3 Å². The number of para-hydroxylation sites is 1. The summed E-state index contributed by atoms with van der Waals surface area (Å²) in [6.07, 6.45) is 2.06. The van der Waals surface area contributed by atoms with Crippen LogP contribution in [0.4, 0.5) is 0 Å². The van der Waals surface area contributed by atoms with Crippen molar-refractivity contribution in [2.45, 2.75) is 19.0 Å². The monoisotopic (exact) mass is 391 g/mol. The van der Waals surface area contributed by atoms with Crippen molar-refractivity contribution in [2.24, 2.45) is 7.05 Å². The molecule has 2 heterocycles. The SMILES string of the molecule is COCCNC(=O)[C@@H](C)N1C(=O)c2ccccc2[C@@H]1c1cn(C)c2ccccc12. The third-order valence-corrected chi connectivity index (χ3v) is 5.62. The molecule has 150 valence electrons. The Kier molecular flexibility index (Phi) is 5.11. The number of nitrogens with zero attached hydrogens (tertiary/aromatic N) is 2. The first kappa shape index (κ1) is 19.2. The first-order valence-corrected chi connectivity index (χ1v) is 9.76. The fraction of sp³-hybridized carbons (Fsp3) is 0.304. The molecule has 0 spiro atoms. The van der Waals surface area contributed by atoms with Gasteiger partial charge in [-0.25, -0.2) is 0 Å². The lowest BCUT2D eigenvalue weighted by molar-refractivity contribution is -0.125.